The summed E-state index contributed by atoms with van der Waals surface area (Å²) in [4.78, 5) is 6.62. The van der Waals surface area contributed by atoms with Gasteiger partial charge in [-0.25, -0.2) is 0 Å². The number of hydrogen-bond acceptors (Lipinski definition) is 2. The maximum absolute atomic E-state index is 13.3. The van der Waals surface area contributed by atoms with Crippen LogP contribution in [0, 0.1) is 0 Å². The zero-order chi connectivity index (χ0) is 10.2. The number of aromatic amines is 1. The van der Waals surface area contributed by atoms with Crippen LogP contribution in [0.5, 0.6) is 0 Å². The van der Waals surface area contributed by atoms with Gasteiger partial charge >= 0.3 is 0 Å². The zero-order valence-electron chi connectivity index (χ0n) is 7.30. The SMILES string of the molecule is NCC(F)(F)c1c[nH]c2cccnc12. The van der Waals surface area contributed by atoms with Crippen LogP contribution < -0.4 is 5.73 Å². The van der Waals surface area contributed by atoms with Gasteiger partial charge in [0, 0.05) is 12.4 Å². The van der Waals surface area contributed by atoms with E-state index in [1.807, 2.05) is 0 Å². The molecule has 2 heterocycles. The molecule has 0 amide bonds. The topological polar surface area (TPSA) is 54.7 Å². The Morgan fingerprint density at radius 3 is 3.00 bits per heavy atom. The Morgan fingerprint density at radius 2 is 2.29 bits per heavy atom. The zero-order valence-corrected chi connectivity index (χ0v) is 7.30. The van der Waals surface area contributed by atoms with Gasteiger partial charge in [0.25, 0.3) is 5.92 Å². The van der Waals surface area contributed by atoms with Gasteiger partial charge in [0.2, 0.25) is 0 Å². The van der Waals surface area contributed by atoms with Gasteiger partial charge in [-0.1, -0.05) is 0 Å². The summed E-state index contributed by atoms with van der Waals surface area (Å²) in [6, 6.07) is 3.38. The smallest absolute Gasteiger partial charge is 0.288 e. The molecule has 2 aromatic rings. The molecule has 0 aromatic carbocycles. The highest BCUT2D eigenvalue weighted by atomic mass is 19.3. The molecule has 0 bridgehead atoms. The van der Waals surface area contributed by atoms with Crippen molar-refractivity contribution in [2.75, 3.05) is 6.54 Å². The van der Waals surface area contributed by atoms with Crippen molar-refractivity contribution in [2.45, 2.75) is 5.92 Å². The Hall–Kier alpha value is -1.49. The summed E-state index contributed by atoms with van der Waals surface area (Å²) in [5, 5.41) is 0. The predicted molar refractivity (Wildman–Crippen MR) is 49.0 cm³/mol. The van der Waals surface area contributed by atoms with E-state index in [1.54, 1.807) is 12.1 Å². The van der Waals surface area contributed by atoms with Crippen molar-refractivity contribution < 1.29 is 8.78 Å². The second-order valence-corrected chi connectivity index (χ2v) is 3.01. The monoisotopic (exact) mass is 197 g/mol. The first-order valence-corrected chi connectivity index (χ1v) is 4.15. The van der Waals surface area contributed by atoms with Crippen LogP contribution in [-0.2, 0) is 5.92 Å². The highest BCUT2D eigenvalue weighted by Crippen LogP contribution is 2.31. The summed E-state index contributed by atoms with van der Waals surface area (Å²) in [5.74, 6) is -3.02. The number of rotatable bonds is 2. The van der Waals surface area contributed by atoms with Crippen molar-refractivity contribution in [1.29, 1.82) is 0 Å². The molecule has 0 saturated carbocycles. The minimum Gasteiger partial charge on any atom is -0.359 e. The molecule has 0 aliphatic rings. The number of nitrogens with one attached hydrogen (secondary N) is 1. The van der Waals surface area contributed by atoms with E-state index in [2.05, 4.69) is 9.97 Å². The second-order valence-electron chi connectivity index (χ2n) is 3.01. The maximum Gasteiger partial charge on any atom is 0.288 e. The lowest BCUT2D eigenvalue weighted by atomic mass is 10.1. The summed E-state index contributed by atoms with van der Waals surface area (Å²) in [6.45, 7) is -0.712. The van der Waals surface area contributed by atoms with Gasteiger partial charge < -0.3 is 10.7 Å². The fraction of sp³-hybridized carbons (Fsp3) is 0.222. The van der Waals surface area contributed by atoms with Gasteiger partial charge in [0.1, 0.15) is 0 Å². The number of pyridine rings is 1. The second kappa shape index (κ2) is 3.02. The fourth-order valence-corrected chi connectivity index (χ4v) is 1.34. The van der Waals surface area contributed by atoms with E-state index in [4.69, 9.17) is 5.73 Å². The number of halogens is 2. The van der Waals surface area contributed by atoms with Crippen molar-refractivity contribution >= 4 is 11.0 Å². The third kappa shape index (κ3) is 1.26. The molecule has 0 fully saturated rings. The number of nitrogens with two attached hydrogens (primary N) is 1. The summed E-state index contributed by atoms with van der Waals surface area (Å²) in [5.41, 5.74) is 5.73. The quantitative estimate of drug-likeness (QED) is 0.768. The number of alkyl halides is 2. The average Bonchev–Trinajstić information content (AvgIpc) is 2.61. The van der Waals surface area contributed by atoms with Crippen LogP contribution in [0.15, 0.2) is 24.5 Å². The van der Waals surface area contributed by atoms with Gasteiger partial charge in [-0.3, -0.25) is 4.98 Å². The van der Waals surface area contributed by atoms with Crippen molar-refractivity contribution in [3.8, 4) is 0 Å². The standard InChI is InChI=1S/C9H9F2N3/c10-9(11,5-12)6-4-14-7-2-1-3-13-8(6)7/h1-4,14H,5,12H2. The highest BCUT2D eigenvalue weighted by Gasteiger charge is 2.32. The van der Waals surface area contributed by atoms with E-state index in [-0.39, 0.29) is 11.1 Å². The predicted octanol–water partition coefficient (Wildman–Crippen LogP) is 1.61. The molecular weight excluding hydrogens is 188 g/mol. The lowest BCUT2D eigenvalue weighted by Crippen LogP contribution is -2.24. The molecule has 0 unspecified atom stereocenters. The van der Waals surface area contributed by atoms with Gasteiger partial charge in [-0.2, -0.15) is 8.78 Å². The van der Waals surface area contributed by atoms with Gasteiger partial charge in [-0.05, 0) is 12.1 Å². The molecule has 0 radical (unpaired) electrons. The Balaban J connectivity index is 2.64. The van der Waals surface area contributed by atoms with E-state index in [9.17, 15) is 8.78 Å². The normalized spacial score (nSPS) is 12.2. The van der Waals surface area contributed by atoms with Crippen molar-refractivity contribution in [3.05, 3.63) is 30.1 Å². The Labute approximate surface area is 78.9 Å². The Morgan fingerprint density at radius 1 is 1.50 bits per heavy atom. The van der Waals surface area contributed by atoms with Crippen LogP contribution in [0.2, 0.25) is 0 Å². The highest BCUT2D eigenvalue weighted by molar-refractivity contribution is 5.79. The van der Waals surface area contributed by atoms with Crippen LogP contribution in [0.3, 0.4) is 0 Å². The first kappa shape index (κ1) is 9.08. The lowest BCUT2D eigenvalue weighted by Gasteiger charge is -2.11. The van der Waals surface area contributed by atoms with E-state index in [0.29, 0.717) is 5.52 Å². The van der Waals surface area contributed by atoms with E-state index in [1.165, 1.54) is 12.4 Å². The maximum atomic E-state index is 13.3. The van der Waals surface area contributed by atoms with E-state index < -0.39 is 12.5 Å². The summed E-state index contributed by atoms with van der Waals surface area (Å²) in [7, 11) is 0. The van der Waals surface area contributed by atoms with Crippen LogP contribution in [0.4, 0.5) is 8.78 Å². The van der Waals surface area contributed by atoms with Crippen molar-refractivity contribution in [3.63, 3.8) is 0 Å². The number of hydrogen-bond donors (Lipinski definition) is 2. The molecule has 2 rings (SSSR count). The molecule has 74 valence electrons. The third-order valence-corrected chi connectivity index (χ3v) is 2.09. The van der Waals surface area contributed by atoms with E-state index >= 15 is 0 Å². The third-order valence-electron chi connectivity index (χ3n) is 2.09. The van der Waals surface area contributed by atoms with E-state index in [0.717, 1.165) is 0 Å². The molecule has 0 aliphatic heterocycles. The molecule has 2 aromatic heterocycles. The first-order valence-electron chi connectivity index (χ1n) is 4.15. The molecule has 0 aliphatic carbocycles. The van der Waals surface area contributed by atoms with Gasteiger partial charge in [0.05, 0.1) is 23.1 Å². The van der Waals surface area contributed by atoms with Gasteiger partial charge in [0.15, 0.2) is 0 Å². The van der Waals surface area contributed by atoms with Crippen LogP contribution in [-0.4, -0.2) is 16.5 Å². The first-order chi connectivity index (χ1) is 6.65. The van der Waals surface area contributed by atoms with Gasteiger partial charge in [-0.15, -0.1) is 0 Å². The number of H-pyrrole nitrogens is 1. The summed E-state index contributed by atoms with van der Waals surface area (Å²) < 4.78 is 26.5. The molecule has 3 N–H and O–H groups in total. The van der Waals surface area contributed by atoms with Crippen molar-refractivity contribution in [2.24, 2.45) is 5.73 Å². The molecular formula is C9H9F2N3. The van der Waals surface area contributed by atoms with Crippen LogP contribution in [0.25, 0.3) is 11.0 Å². The summed E-state index contributed by atoms with van der Waals surface area (Å²) in [6.07, 6.45) is 2.73. The fourth-order valence-electron chi connectivity index (χ4n) is 1.34. The Kier molecular flexibility index (Phi) is 1.96. The average molecular weight is 197 g/mol. The lowest BCUT2D eigenvalue weighted by molar-refractivity contribution is 0.00737. The van der Waals surface area contributed by atoms with Crippen LogP contribution >= 0.6 is 0 Å². The van der Waals surface area contributed by atoms with Crippen LogP contribution in [0.1, 0.15) is 5.56 Å². The number of fused-ring (bicyclic) bond motifs is 1. The molecule has 0 saturated heterocycles. The molecule has 0 atom stereocenters. The molecule has 3 nitrogen and oxygen atoms in total. The largest absolute Gasteiger partial charge is 0.359 e. The molecule has 0 spiro atoms. The minimum absolute atomic E-state index is 0.143. The summed E-state index contributed by atoms with van der Waals surface area (Å²) >= 11 is 0. The Bertz CT molecular complexity index is 450. The molecule has 14 heavy (non-hydrogen) atoms. The number of aromatic nitrogens is 2. The molecule has 5 heteroatoms. The minimum atomic E-state index is -3.02. The van der Waals surface area contributed by atoms with Crippen molar-refractivity contribution in [1.82, 2.24) is 9.97 Å². The number of nitrogens with zero attached hydrogens (tertiary/aromatic N) is 1.